The van der Waals surface area contributed by atoms with Crippen molar-refractivity contribution in [3.8, 4) is 23.0 Å². The Balaban J connectivity index is 1.70. The summed E-state index contributed by atoms with van der Waals surface area (Å²) in [5.74, 6) is -5.50. The molecule has 1 saturated carbocycles. The predicted octanol–water partition coefficient (Wildman–Crippen LogP) is 5.29. The van der Waals surface area contributed by atoms with Crippen molar-refractivity contribution in [3.05, 3.63) is 71.1 Å². The highest BCUT2D eigenvalue weighted by Crippen LogP contribution is 2.43. The molecule has 37 heavy (non-hydrogen) atoms. The first-order chi connectivity index (χ1) is 17.5. The number of rotatable bonds is 8. The maximum atomic E-state index is 15.5. The van der Waals surface area contributed by atoms with Crippen LogP contribution >= 0.6 is 0 Å². The average molecular weight is 523 g/mol. The lowest BCUT2D eigenvalue weighted by Crippen LogP contribution is -2.18. The summed E-state index contributed by atoms with van der Waals surface area (Å²) < 4.78 is 81.5. The number of ether oxygens (including phenoxy) is 3. The van der Waals surface area contributed by atoms with Crippen molar-refractivity contribution >= 4 is 17.5 Å². The number of carbonyl (C=O) groups is 2. The zero-order valence-electron chi connectivity index (χ0n) is 19.0. The number of primary amides is 1. The van der Waals surface area contributed by atoms with E-state index in [2.05, 4.69) is 15.0 Å². The second-order valence-corrected chi connectivity index (χ2v) is 7.95. The molecule has 0 spiro atoms. The number of hydrogen-bond donors (Lipinski definition) is 2. The Kier molecular flexibility index (Phi) is 6.88. The first-order valence-electron chi connectivity index (χ1n) is 10.7. The summed E-state index contributed by atoms with van der Waals surface area (Å²) in [5.41, 5.74) is 4.05. The molecule has 2 amide bonds. The molecule has 0 radical (unpaired) electrons. The van der Waals surface area contributed by atoms with E-state index in [0.717, 1.165) is 49.7 Å². The molecule has 1 aromatic heterocycles. The minimum absolute atomic E-state index is 0.0373. The normalized spacial score (nSPS) is 13.1. The molecule has 0 unspecified atom stereocenters. The van der Waals surface area contributed by atoms with Gasteiger partial charge in [-0.05, 0) is 43.2 Å². The Labute approximate surface area is 206 Å². The summed E-state index contributed by atoms with van der Waals surface area (Å²) in [4.78, 5) is 28.6. The van der Waals surface area contributed by atoms with Gasteiger partial charge in [-0.2, -0.15) is 0 Å². The first kappa shape index (κ1) is 25.7. The number of pyridine rings is 1. The van der Waals surface area contributed by atoms with Crippen LogP contribution < -0.4 is 25.3 Å². The minimum Gasteiger partial charge on any atom is -0.493 e. The molecule has 3 N–H and O–H groups in total. The smallest absolute Gasteiger partial charge is 0.493 e. The van der Waals surface area contributed by atoms with Gasteiger partial charge in [0.25, 0.3) is 11.8 Å². The largest absolute Gasteiger partial charge is 0.573 e. The number of nitrogens with two attached hydrogens (primary N) is 1. The number of amides is 2. The molecule has 0 saturated heterocycles. The second kappa shape index (κ2) is 9.91. The summed E-state index contributed by atoms with van der Waals surface area (Å²) >= 11 is 0. The van der Waals surface area contributed by atoms with Gasteiger partial charge in [-0.25, -0.2) is 8.78 Å². The average Bonchev–Trinajstić information content (AvgIpc) is 3.65. The highest BCUT2D eigenvalue weighted by molar-refractivity contribution is 6.07. The molecule has 1 aliphatic carbocycles. The molecule has 0 aliphatic heterocycles. The van der Waals surface area contributed by atoms with Crippen molar-refractivity contribution in [1.82, 2.24) is 4.98 Å². The number of carbonyl (C=O) groups excluding carboxylic acids is 2. The van der Waals surface area contributed by atoms with Crippen LogP contribution in [0.3, 0.4) is 0 Å². The highest BCUT2D eigenvalue weighted by Gasteiger charge is 2.34. The van der Waals surface area contributed by atoms with Gasteiger partial charge in [0.1, 0.15) is 17.1 Å². The molecule has 1 fully saturated rings. The van der Waals surface area contributed by atoms with Crippen LogP contribution in [0, 0.1) is 11.6 Å². The Hall–Kier alpha value is -4.42. The quantitative estimate of drug-likeness (QED) is 0.388. The van der Waals surface area contributed by atoms with Crippen LogP contribution in [0.1, 0.15) is 45.2 Å². The predicted molar refractivity (Wildman–Crippen MR) is 119 cm³/mol. The molecule has 8 nitrogen and oxygen atoms in total. The summed E-state index contributed by atoms with van der Waals surface area (Å²) in [7, 11) is 1.16. The molecular formula is C24H18F5N3O5. The Morgan fingerprint density at radius 2 is 1.78 bits per heavy atom. The molecule has 4 rings (SSSR count). The van der Waals surface area contributed by atoms with Gasteiger partial charge in [0.2, 0.25) is 0 Å². The van der Waals surface area contributed by atoms with Gasteiger partial charge in [0.05, 0.1) is 24.6 Å². The number of anilines is 1. The highest BCUT2D eigenvalue weighted by atomic mass is 19.4. The van der Waals surface area contributed by atoms with Crippen LogP contribution in [0.25, 0.3) is 0 Å². The van der Waals surface area contributed by atoms with E-state index in [4.69, 9.17) is 15.2 Å². The second-order valence-electron chi connectivity index (χ2n) is 7.95. The van der Waals surface area contributed by atoms with E-state index in [1.54, 1.807) is 0 Å². The Morgan fingerprint density at radius 1 is 1.05 bits per heavy atom. The van der Waals surface area contributed by atoms with Crippen LogP contribution in [-0.4, -0.2) is 30.3 Å². The van der Waals surface area contributed by atoms with Crippen molar-refractivity contribution < 1.29 is 45.8 Å². The molecule has 13 heteroatoms. The van der Waals surface area contributed by atoms with Crippen LogP contribution in [0.5, 0.6) is 23.0 Å². The van der Waals surface area contributed by atoms with E-state index in [9.17, 15) is 27.2 Å². The third kappa shape index (κ3) is 5.88. The summed E-state index contributed by atoms with van der Waals surface area (Å²) in [5, 5.41) is 2.36. The zero-order chi connectivity index (χ0) is 26.9. The van der Waals surface area contributed by atoms with E-state index < -0.39 is 46.7 Å². The minimum atomic E-state index is -4.95. The number of alkyl halides is 3. The number of halogens is 5. The van der Waals surface area contributed by atoms with Gasteiger partial charge in [0.15, 0.2) is 23.1 Å². The van der Waals surface area contributed by atoms with E-state index >= 15 is 4.39 Å². The number of benzene rings is 2. The molecule has 1 heterocycles. The van der Waals surface area contributed by atoms with Crippen molar-refractivity contribution in [1.29, 1.82) is 0 Å². The van der Waals surface area contributed by atoms with Crippen LogP contribution in [-0.2, 0) is 0 Å². The first-order valence-corrected chi connectivity index (χ1v) is 10.7. The summed E-state index contributed by atoms with van der Waals surface area (Å²) in [6.45, 7) is 0. The molecule has 3 aromatic rings. The maximum Gasteiger partial charge on any atom is 0.573 e. The molecule has 0 bridgehead atoms. The number of hydrogen-bond acceptors (Lipinski definition) is 6. The lowest BCUT2D eigenvalue weighted by Gasteiger charge is -2.17. The topological polar surface area (TPSA) is 113 Å². The molecule has 2 aromatic carbocycles. The fourth-order valence-electron chi connectivity index (χ4n) is 3.45. The molecule has 0 atom stereocenters. The monoisotopic (exact) mass is 523 g/mol. The number of aromatic nitrogens is 1. The van der Waals surface area contributed by atoms with Crippen LogP contribution in [0.15, 0.2) is 42.6 Å². The lowest BCUT2D eigenvalue weighted by atomic mass is 10.1. The fourth-order valence-corrected chi connectivity index (χ4v) is 3.45. The SMILES string of the molecule is COc1cc(OC(F)(F)F)ccc1Oc1cnc(C2CC2)c(F)c1C(=O)Nc1ccc(F)c(C(N)=O)c1. The third-order valence-electron chi connectivity index (χ3n) is 5.28. The van der Waals surface area contributed by atoms with E-state index in [1.165, 1.54) is 0 Å². The van der Waals surface area contributed by atoms with Crippen molar-refractivity contribution in [2.24, 2.45) is 5.73 Å². The number of methoxy groups -OCH3 is 1. The van der Waals surface area contributed by atoms with Gasteiger partial charge < -0.3 is 25.3 Å². The van der Waals surface area contributed by atoms with Crippen molar-refractivity contribution in [2.75, 3.05) is 12.4 Å². The van der Waals surface area contributed by atoms with Crippen molar-refractivity contribution in [2.45, 2.75) is 25.1 Å². The van der Waals surface area contributed by atoms with Gasteiger partial charge in [-0.15, -0.1) is 13.2 Å². The summed E-state index contributed by atoms with van der Waals surface area (Å²) in [6.07, 6.45) is -2.51. The third-order valence-corrected chi connectivity index (χ3v) is 5.28. The van der Waals surface area contributed by atoms with Crippen LogP contribution in [0.2, 0.25) is 0 Å². The lowest BCUT2D eigenvalue weighted by molar-refractivity contribution is -0.274. The Morgan fingerprint density at radius 3 is 2.41 bits per heavy atom. The molecule has 1 aliphatic rings. The van der Waals surface area contributed by atoms with Gasteiger partial charge in [0, 0.05) is 17.7 Å². The number of nitrogens with one attached hydrogen (secondary N) is 1. The van der Waals surface area contributed by atoms with Crippen LogP contribution in [0.4, 0.5) is 27.6 Å². The molecular weight excluding hydrogens is 505 g/mol. The van der Waals surface area contributed by atoms with Gasteiger partial charge >= 0.3 is 6.36 Å². The zero-order valence-corrected chi connectivity index (χ0v) is 19.0. The van der Waals surface area contributed by atoms with Gasteiger partial charge in [-0.1, -0.05) is 0 Å². The fraction of sp³-hybridized carbons (Fsp3) is 0.208. The van der Waals surface area contributed by atoms with E-state index in [-0.39, 0.29) is 34.5 Å². The van der Waals surface area contributed by atoms with E-state index in [0.29, 0.717) is 12.8 Å². The van der Waals surface area contributed by atoms with Crippen molar-refractivity contribution in [3.63, 3.8) is 0 Å². The molecule has 194 valence electrons. The standard InChI is InChI=1S/C24H18F5N3O5/c1-35-17-9-13(37-24(27,28)29)5-7-16(17)36-18-10-31-21(11-2-3-11)20(26)19(18)23(34)32-12-4-6-15(25)14(8-12)22(30)33/h4-11H,2-3H2,1H3,(H2,30,33)(H,32,34). The van der Waals surface area contributed by atoms with Gasteiger partial charge in [-0.3, -0.25) is 14.6 Å². The Bertz CT molecular complexity index is 1380. The maximum absolute atomic E-state index is 15.5. The van der Waals surface area contributed by atoms with E-state index in [1.807, 2.05) is 0 Å². The summed E-state index contributed by atoms with van der Waals surface area (Å²) in [6, 6.07) is 5.95. The number of nitrogens with zero attached hydrogens (tertiary/aromatic N) is 1.